The fourth-order valence-corrected chi connectivity index (χ4v) is 1.06. The maximum atomic E-state index is 3.15. The Morgan fingerprint density at radius 3 is 2.45 bits per heavy atom. The zero-order valence-electron chi connectivity index (χ0n) is 5.54. The molecule has 55 valence electrons. The van der Waals surface area contributed by atoms with Crippen LogP contribution in [0.2, 0.25) is 0 Å². The van der Waals surface area contributed by atoms with Crippen LogP contribution in [-0.2, 0) is 0 Å². The van der Waals surface area contributed by atoms with Crippen LogP contribution in [0.1, 0.15) is 0 Å². The van der Waals surface area contributed by atoms with Crippen molar-refractivity contribution >= 4 is 28.4 Å². The van der Waals surface area contributed by atoms with E-state index in [9.17, 15) is 0 Å². The molecule has 11 heavy (non-hydrogen) atoms. The van der Waals surface area contributed by atoms with Crippen molar-refractivity contribution in [2.75, 3.05) is 0 Å². The topological polar surface area (TPSA) is 0 Å². The van der Waals surface area contributed by atoms with Gasteiger partial charge in [0.25, 0.3) is 0 Å². The van der Waals surface area contributed by atoms with E-state index in [1.807, 2.05) is 24.3 Å². The summed E-state index contributed by atoms with van der Waals surface area (Å²) in [5, 5.41) is 2.44. The Labute approximate surface area is 77.2 Å². The first-order valence-corrected chi connectivity index (χ1v) is 3.32. The van der Waals surface area contributed by atoms with E-state index in [4.69, 9.17) is 0 Å². The number of benzene rings is 2. The second-order valence-electron chi connectivity index (χ2n) is 2.26. The van der Waals surface area contributed by atoms with Crippen LogP contribution < -0.4 is 0 Å². The summed E-state index contributed by atoms with van der Waals surface area (Å²) >= 11 is 0. The fraction of sp³-hybridized carbons (Fsp3) is 0. The quantitative estimate of drug-likeness (QED) is 0.565. The predicted molar refractivity (Wildman–Crippen MR) is 54.1 cm³/mol. The maximum absolute atomic E-state index is 3.15. The van der Waals surface area contributed by atoms with E-state index >= 15 is 0 Å². The zero-order valence-corrected chi connectivity index (χ0v) is 5.54. The minimum atomic E-state index is 0. The molecule has 0 amide bonds. The third kappa shape index (κ3) is 1.63. The van der Waals surface area contributed by atoms with Crippen molar-refractivity contribution < 1.29 is 0 Å². The standard InChI is InChI=1S/C10H7.GeH4/c1-2-6-10-8-4-3-7-9(10)5-1;/h1-7H;1H4. The molecule has 1 radical (unpaired) electrons. The summed E-state index contributed by atoms with van der Waals surface area (Å²) in [6.45, 7) is 0. The molecule has 0 aliphatic heterocycles. The Bertz CT molecular complexity index is 276. The van der Waals surface area contributed by atoms with E-state index in [-0.39, 0.29) is 17.6 Å². The Morgan fingerprint density at radius 1 is 0.909 bits per heavy atom. The normalized spacial score (nSPS) is 9.09. The van der Waals surface area contributed by atoms with Gasteiger partial charge in [-0.05, 0) is 16.8 Å². The van der Waals surface area contributed by atoms with Gasteiger partial charge in [-0.2, -0.15) is 0 Å². The van der Waals surface area contributed by atoms with E-state index in [0.717, 1.165) is 0 Å². The third-order valence-corrected chi connectivity index (χ3v) is 1.57. The molecular weight excluding hydrogens is 193 g/mol. The van der Waals surface area contributed by atoms with Crippen molar-refractivity contribution in [2.45, 2.75) is 0 Å². The molecule has 0 aliphatic rings. The summed E-state index contributed by atoms with van der Waals surface area (Å²) in [6.07, 6.45) is 0. The van der Waals surface area contributed by atoms with Crippen molar-refractivity contribution in [2.24, 2.45) is 0 Å². The Kier molecular flexibility index (Phi) is 2.72. The Hall–Kier alpha value is -0.757. The summed E-state index contributed by atoms with van der Waals surface area (Å²) in [4.78, 5) is 0. The average Bonchev–Trinajstić information content (AvgIpc) is 2.05. The number of fused-ring (bicyclic) bond motifs is 1. The first-order chi connectivity index (χ1) is 4.97. The van der Waals surface area contributed by atoms with Crippen molar-refractivity contribution in [3.63, 3.8) is 0 Å². The van der Waals surface area contributed by atoms with Gasteiger partial charge in [-0.25, -0.2) is 0 Å². The van der Waals surface area contributed by atoms with Crippen LogP contribution in [0.4, 0.5) is 0 Å². The Balaban J connectivity index is 0.000000605. The van der Waals surface area contributed by atoms with Crippen LogP contribution in [0, 0.1) is 6.07 Å². The van der Waals surface area contributed by atoms with E-state index in [2.05, 4.69) is 24.3 Å². The van der Waals surface area contributed by atoms with Gasteiger partial charge >= 0.3 is 17.6 Å². The SMILES string of the molecule is [GeH4].[c]1cccc2ccccc12. The van der Waals surface area contributed by atoms with Crippen LogP contribution in [0.3, 0.4) is 0 Å². The minimum absolute atomic E-state index is 0. The monoisotopic (exact) mass is 205 g/mol. The molecule has 0 aliphatic carbocycles. The van der Waals surface area contributed by atoms with Crippen LogP contribution in [0.25, 0.3) is 10.8 Å². The molecule has 0 nitrogen and oxygen atoms in total. The zero-order chi connectivity index (χ0) is 6.81. The largest absolute Gasteiger partial charge is 0.0616 e. The molecule has 0 aromatic heterocycles. The predicted octanol–water partition coefficient (Wildman–Crippen LogP) is 1.19. The second kappa shape index (κ2) is 3.58. The van der Waals surface area contributed by atoms with Crippen molar-refractivity contribution in [1.82, 2.24) is 0 Å². The number of hydrogen-bond acceptors (Lipinski definition) is 0. The van der Waals surface area contributed by atoms with Crippen LogP contribution in [0.5, 0.6) is 0 Å². The van der Waals surface area contributed by atoms with Gasteiger partial charge in [-0.15, -0.1) is 0 Å². The molecule has 0 saturated carbocycles. The summed E-state index contributed by atoms with van der Waals surface area (Å²) in [5.74, 6) is 0. The van der Waals surface area contributed by atoms with Gasteiger partial charge in [0.1, 0.15) is 0 Å². The van der Waals surface area contributed by atoms with Crippen LogP contribution in [-0.4, -0.2) is 17.6 Å². The molecular formula is C10H11Ge. The molecule has 0 heterocycles. The molecule has 0 spiro atoms. The molecule has 0 N–H and O–H groups in total. The number of hydrogen-bond donors (Lipinski definition) is 0. The average molecular weight is 204 g/mol. The van der Waals surface area contributed by atoms with Gasteiger partial charge < -0.3 is 0 Å². The van der Waals surface area contributed by atoms with Gasteiger partial charge in [0.15, 0.2) is 0 Å². The van der Waals surface area contributed by atoms with Gasteiger partial charge in [0.05, 0.1) is 0 Å². The Morgan fingerprint density at radius 2 is 1.64 bits per heavy atom. The molecule has 0 saturated heterocycles. The van der Waals surface area contributed by atoms with E-state index in [1.54, 1.807) is 0 Å². The van der Waals surface area contributed by atoms with Gasteiger partial charge in [-0.1, -0.05) is 42.5 Å². The molecule has 0 unspecified atom stereocenters. The smallest absolute Gasteiger partial charge is 0.00992 e. The molecule has 1 heteroatoms. The van der Waals surface area contributed by atoms with Crippen LogP contribution >= 0.6 is 0 Å². The fourth-order valence-electron chi connectivity index (χ4n) is 1.06. The molecule has 0 bridgehead atoms. The van der Waals surface area contributed by atoms with Gasteiger partial charge in [0.2, 0.25) is 0 Å². The van der Waals surface area contributed by atoms with Gasteiger partial charge in [-0.3, -0.25) is 0 Å². The van der Waals surface area contributed by atoms with Crippen molar-refractivity contribution in [3.05, 3.63) is 48.5 Å². The molecule has 2 aromatic carbocycles. The number of rotatable bonds is 0. The van der Waals surface area contributed by atoms with Crippen molar-refractivity contribution in [1.29, 1.82) is 0 Å². The third-order valence-electron chi connectivity index (χ3n) is 1.57. The second-order valence-corrected chi connectivity index (χ2v) is 2.26. The summed E-state index contributed by atoms with van der Waals surface area (Å²) in [6, 6.07) is 17.4. The molecule has 0 fully saturated rings. The van der Waals surface area contributed by atoms with Gasteiger partial charge in [0, 0.05) is 0 Å². The first-order valence-electron chi connectivity index (χ1n) is 3.32. The maximum Gasteiger partial charge on any atom is -0.00992 e. The molecule has 2 aromatic rings. The van der Waals surface area contributed by atoms with Crippen molar-refractivity contribution in [3.8, 4) is 0 Å². The van der Waals surface area contributed by atoms with E-state index < -0.39 is 0 Å². The first kappa shape index (κ1) is 8.34. The minimum Gasteiger partial charge on any atom is -0.0616 e. The van der Waals surface area contributed by atoms with Crippen LogP contribution in [0.15, 0.2) is 42.5 Å². The van der Waals surface area contributed by atoms with E-state index in [1.165, 1.54) is 10.8 Å². The summed E-state index contributed by atoms with van der Waals surface area (Å²) in [5.41, 5.74) is 0. The molecule has 2 rings (SSSR count). The molecule has 0 atom stereocenters. The van der Waals surface area contributed by atoms with E-state index in [0.29, 0.717) is 0 Å². The summed E-state index contributed by atoms with van der Waals surface area (Å²) < 4.78 is 0. The summed E-state index contributed by atoms with van der Waals surface area (Å²) in [7, 11) is 0.